The second-order valence-corrected chi connectivity index (χ2v) is 6.97. The van der Waals surface area contributed by atoms with Crippen LogP contribution in [0.3, 0.4) is 0 Å². The molecule has 1 aliphatic rings. The van der Waals surface area contributed by atoms with Crippen molar-refractivity contribution in [2.75, 3.05) is 26.3 Å². The van der Waals surface area contributed by atoms with E-state index in [1.807, 2.05) is 18.2 Å². The zero-order valence-electron chi connectivity index (χ0n) is 15.5. The number of ether oxygens (including phenoxy) is 2. The summed E-state index contributed by atoms with van der Waals surface area (Å²) >= 11 is 0. The molecule has 1 saturated heterocycles. The Bertz CT molecular complexity index is 683. The topological polar surface area (TPSA) is 59.0 Å². The van der Waals surface area contributed by atoms with Gasteiger partial charge in [-0.25, -0.2) is 0 Å². The summed E-state index contributed by atoms with van der Waals surface area (Å²) in [5, 5.41) is 10.5. The number of benzene rings is 2. The molecule has 0 amide bonds. The van der Waals surface area contributed by atoms with Crippen LogP contribution >= 0.6 is 0 Å². The number of nitrogens with zero attached hydrogens (tertiary/aromatic N) is 1. The van der Waals surface area contributed by atoms with Crippen LogP contribution in [0.5, 0.6) is 5.75 Å². The summed E-state index contributed by atoms with van der Waals surface area (Å²) in [7, 11) is 0. The number of hydrogen-bond donors (Lipinski definition) is 1. The highest BCUT2D eigenvalue weighted by atomic mass is 16.5. The maximum Gasteiger partial charge on any atom is 0.150 e. The lowest BCUT2D eigenvalue weighted by atomic mass is 10.1. The van der Waals surface area contributed by atoms with Gasteiger partial charge in [-0.3, -0.25) is 9.69 Å². The SMILES string of the molecule is O=Cc1ccc(OCC(O)CN(Cc2ccccc2)CC2CCCO2)cc1. The largest absolute Gasteiger partial charge is 0.491 e. The van der Waals surface area contributed by atoms with Crippen molar-refractivity contribution in [1.29, 1.82) is 0 Å². The number of aliphatic hydroxyl groups is 1. The second kappa shape index (κ2) is 10.2. The third-order valence-electron chi connectivity index (χ3n) is 4.66. The Kier molecular flexibility index (Phi) is 7.39. The summed E-state index contributed by atoms with van der Waals surface area (Å²) in [4.78, 5) is 12.9. The van der Waals surface area contributed by atoms with E-state index >= 15 is 0 Å². The van der Waals surface area contributed by atoms with Gasteiger partial charge in [-0.05, 0) is 42.7 Å². The fraction of sp³-hybridized carbons (Fsp3) is 0.409. The average Bonchev–Trinajstić information content (AvgIpc) is 3.20. The quantitative estimate of drug-likeness (QED) is 0.653. The van der Waals surface area contributed by atoms with Crippen molar-refractivity contribution < 1.29 is 19.4 Å². The molecule has 3 rings (SSSR count). The monoisotopic (exact) mass is 369 g/mol. The first kappa shape index (κ1) is 19.5. The van der Waals surface area contributed by atoms with Crippen molar-refractivity contribution in [1.82, 2.24) is 4.90 Å². The first-order valence-corrected chi connectivity index (χ1v) is 9.47. The van der Waals surface area contributed by atoms with Gasteiger partial charge in [0.15, 0.2) is 0 Å². The lowest BCUT2D eigenvalue weighted by Crippen LogP contribution is -2.39. The van der Waals surface area contributed by atoms with Crippen LogP contribution in [0, 0.1) is 0 Å². The first-order chi connectivity index (χ1) is 13.2. The molecule has 0 bridgehead atoms. The van der Waals surface area contributed by atoms with Gasteiger partial charge in [-0.1, -0.05) is 30.3 Å². The normalized spacial score (nSPS) is 17.8. The number of rotatable bonds is 10. The van der Waals surface area contributed by atoms with Gasteiger partial charge in [-0.15, -0.1) is 0 Å². The summed E-state index contributed by atoms with van der Waals surface area (Å²) < 4.78 is 11.4. The number of carbonyl (C=O) groups excluding carboxylic acids is 1. The summed E-state index contributed by atoms with van der Waals surface area (Å²) in [6.45, 7) is 3.12. The smallest absolute Gasteiger partial charge is 0.150 e. The molecule has 2 atom stereocenters. The van der Waals surface area contributed by atoms with E-state index < -0.39 is 6.10 Å². The Balaban J connectivity index is 1.53. The van der Waals surface area contributed by atoms with Crippen LogP contribution in [0.4, 0.5) is 0 Å². The minimum absolute atomic E-state index is 0.206. The Morgan fingerprint density at radius 1 is 1.19 bits per heavy atom. The van der Waals surface area contributed by atoms with E-state index in [9.17, 15) is 9.90 Å². The van der Waals surface area contributed by atoms with Crippen LogP contribution in [0.2, 0.25) is 0 Å². The molecule has 0 spiro atoms. The third-order valence-corrected chi connectivity index (χ3v) is 4.66. The van der Waals surface area contributed by atoms with Crippen molar-refractivity contribution in [3.8, 4) is 5.75 Å². The lowest BCUT2D eigenvalue weighted by molar-refractivity contribution is 0.0313. The third kappa shape index (κ3) is 6.47. The first-order valence-electron chi connectivity index (χ1n) is 9.47. The van der Waals surface area contributed by atoms with Crippen LogP contribution < -0.4 is 4.74 Å². The summed E-state index contributed by atoms with van der Waals surface area (Å²) in [6.07, 6.45) is 2.59. The molecular formula is C22H27NO4. The Labute approximate surface area is 160 Å². The Morgan fingerprint density at radius 3 is 2.63 bits per heavy atom. The molecule has 1 heterocycles. The van der Waals surface area contributed by atoms with Gasteiger partial charge < -0.3 is 14.6 Å². The highest BCUT2D eigenvalue weighted by molar-refractivity contribution is 5.74. The second-order valence-electron chi connectivity index (χ2n) is 6.97. The van der Waals surface area contributed by atoms with Gasteiger partial charge in [0.25, 0.3) is 0 Å². The van der Waals surface area contributed by atoms with E-state index in [1.165, 1.54) is 5.56 Å². The van der Waals surface area contributed by atoms with E-state index in [-0.39, 0.29) is 12.7 Å². The summed E-state index contributed by atoms with van der Waals surface area (Å²) in [5.74, 6) is 0.647. The van der Waals surface area contributed by atoms with Crippen LogP contribution in [0.15, 0.2) is 54.6 Å². The number of hydrogen-bond acceptors (Lipinski definition) is 5. The molecule has 0 saturated carbocycles. The Morgan fingerprint density at radius 2 is 1.96 bits per heavy atom. The Hall–Kier alpha value is -2.21. The number of carbonyl (C=O) groups is 1. The maximum atomic E-state index is 10.7. The molecule has 5 nitrogen and oxygen atoms in total. The zero-order valence-corrected chi connectivity index (χ0v) is 15.5. The summed E-state index contributed by atoms with van der Waals surface area (Å²) in [6, 6.07) is 17.1. The lowest BCUT2D eigenvalue weighted by Gasteiger charge is -2.27. The maximum absolute atomic E-state index is 10.7. The van der Waals surface area contributed by atoms with Crippen molar-refractivity contribution in [2.24, 2.45) is 0 Å². The highest BCUT2D eigenvalue weighted by Crippen LogP contribution is 2.16. The van der Waals surface area contributed by atoms with Crippen molar-refractivity contribution >= 4 is 6.29 Å². The minimum Gasteiger partial charge on any atom is -0.491 e. The van der Waals surface area contributed by atoms with Crippen molar-refractivity contribution in [2.45, 2.75) is 31.6 Å². The van der Waals surface area contributed by atoms with Gasteiger partial charge in [-0.2, -0.15) is 0 Å². The molecule has 144 valence electrons. The molecule has 2 unspecified atom stereocenters. The molecular weight excluding hydrogens is 342 g/mol. The van der Waals surface area contributed by atoms with E-state index in [0.717, 1.165) is 38.8 Å². The molecule has 27 heavy (non-hydrogen) atoms. The van der Waals surface area contributed by atoms with E-state index in [4.69, 9.17) is 9.47 Å². The fourth-order valence-corrected chi connectivity index (χ4v) is 3.31. The van der Waals surface area contributed by atoms with Crippen LogP contribution in [0.25, 0.3) is 0 Å². The average molecular weight is 369 g/mol. The van der Waals surface area contributed by atoms with Gasteiger partial charge >= 0.3 is 0 Å². The van der Waals surface area contributed by atoms with E-state index in [2.05, 4.69) is 17.0 Å². The van der Waals surface area contributed by atoms with Gasteiger partial charge in [0.1, 0.15) is 24.7 Å². The predicted molar refractivity (Wildman–Crippen MR) is 104 cm³/mol. The number of aldehydes is 1. The summed E-state index contributed by atoms with van der Waals surface area (Å²) in [5.41, 5.74) is 1.82. The molecule has 1 N–H and O–H groups in total. The molecule has 2 aromatic rings. The highest BCUT2D eigenvalue weighted by Gasteiger charge is 2.21. The van der Waals surface area contributed by atoms with Crippen molar-refractivity contribution in [3.05, 3.63) is 65.7 Å². The molecule has 2 aromatic carbocycles. The molecule has 0 radical (unpaired) electrons. The number of aliphatic hydroxyl groups excluding tert-OH is 1. The van der Waals surface area contributed by atoms with Crippen LogP contribution in [-0.2, 0) is 11.3 Å². The zero-order chi connectivity index (χ0) is 18.9. The van der Waals surface area contributed by atoms with Gasteiger partial charge in [0, 0.05) is 31.8 Å². The standard InChI is InChI=1S/C22H27NO4/c24-16-19-8-10-21(11-9-19)27-17-20(25)14-23(15-22-7-4-12-26-22)13-18-5-2-1-3-6-18/h1-3,5-6,8-11,16,20,22,25H,4,7,12-15,17H2. The molecule has 0 aliphatic carbocycles. The predicted octanol–water partition coefficient (Wildman–Crippen LogP) is 2.92. The van der Waals surface area contributed by atoms with Crippen LogP contribution in [0.1, 0.15) is 28.8 Å². The molecule has 0 aromatic heterocycles. The van der Waals surface area contributed by atoms with E-state index in [0.29, 0.717) is 17.9 Å². The van der Waals surface area contributed by atoms with Gasteiger partial charge in [0.2, 0.25) is 0 Å². The molecule has 1 aliphatic heterocycles. The fourth-order valence-electron chi connectivity index (χ4n) is 3.31. The van der Waals surface area contributed by atoms with Crippen molar-refractivity contribution in [3.63, 3.8) is 0 Å². The minimum atomic E-state index is -0.610. The molecule has 1 fully saturated rings. The van der Waals surface area contributed by atoms with Gasteiger partial charge in [0.05, 0.1) is 6.10 Å². The van der Waals surface area contributed by atoms with Crippen LogP contribution in [-0.4, -0.2) is 54.8 Å². The van der Waals surface area contributed by atoms with E-state index in [1.54, 1.807) is 24.3 Å². The molecule has 5 heteroatoms.